The average Bonchev–Trinajstić information content (AvgIpc) is 3.01. The molecule has 0 bridgehead atoms. The van der Waals surface area contributed by atoms with E-state index in [9.17, 15) is 13.6 Å². The molecule has 8 heteroatoms. The highest BCUT2D eigenvalue weighted by Gasteiger charge is 2.21. The number of carbonyl (C=O) groups is 1. The minimum absolute atomic E-state index is 0.00202. The van der Waals surface area contributed by atoms with Crippen LogP contribution in [0.15, 0.2) is 47.0 Å². The first-order valence-corrected chi connectivity index (χ1v) is 8.84. The minimum atomic E-state index is -2.91. The lowest BCUT2D eigenvalue weighted by molar-refractivity contribution is -0.0498. The van der Waals surface area contributed by atoms with E-state index in [0.29, 0.717) is 22.8 Å². The predicted molar refractivity (Wildman–Crippen MR) is 103 cm³/mol. The SMILES string of the molecule is Cc1cc(C)cc(OCc2c(C(=O)Nc3ccc(OC(F)F)cc3)noc2C)c1. The van der Waals surface area contributed by atoms with E-state index in [4.69, 9.17) is 9.26 Å². The number of nitrogens with one attached hydrogen (secondary N) is 1. The summed E-state index contributed by atoms with van der Waals surface area (Å²) in [6.45, 7) is 2.85. The molecule has 1 heterocycles. The molecule has 0 aliphatic rings. The fourth-order valence-electron chi connectivity index (χ4n) is 2.82. The van der Waals surface area contributed by atoms with Crippen LogP contribution >= 0.6 is 0 Å². The molecule has 29 heavy (non-hydrogen) atoms. The smallest absolute Gasteiger partial charge is 0.387 e. The molecule has 0 saturated carbocycles. The predicted octanol–water partition coefficient (Wildman–Crippen LogP) is 5.03. The lowest BCUT2D eigenvalue weighted by Gasteiger charge is -2.09. The van der Waals surface area contributed by atoms with Crippen LogP contribution in [0.5, 0.6) is 11.5 Å². The zero-order chi connectivity index (χ0) is 21.0. The van der Waals surface area contributed by atoms with Crippen LogP contribution in [0, 0.1) is 20.8 Å². The van der Waals surface area contributed by atoms with E-state index >= 15 is 0 Å². The van der Waals surface area contributed by atoms with Crippen LogP contribution in [0.2, 0.25) is 0 Å². The zero-order valence-corrected chi connectivity index (χ0v) is 16.2. The highest BCUT2D eigenvalue weighted by molar-refractivity contribution is 6.03. The molecule has 0 fully saturated rings. The number of hydrogen-bond donors (Lipinski definition) is 1. The van der Waals surface area contributed by atoms with Gasteiger partial charge in [-0.2, -0.15) is 8.78 Å². The molecule has 3 aromatic rings. The second-order valence-electron chi connectivity index (χ2n) is 6.54. The number of carbonyl (C=O) groups excluding carboxylic acids is 1. The van der Waals surface area contributed by atoms with Crippen molar-refractivity contribution in [3.8, 4) is 11.5 Å². The van der Waals surface area contributed by atoms with Crippen molar-refractivity contribution in [1.29, 1.82) is 0 Å². The summed E-state index contributed by atoms with van der Waals surface area (Å²) >= 11 is 0. The van der Waals surface area contributed by atoms with Gasteiger partial charge in [0.05, 0.1) is 5.56 Å². The summed E-state index contributed by atoms with van der Waals surface area (Å²) in [7, 11) is 0. The molecule has 2 aromatic carbocycles. The molecule has 152 valence electrons. The molecule has 0 aliphatic carbocycles. The molecule has 0 atom stereocenters. The van der Waals surface area contributed by atoms with Crippen molar-refractivity contribution in [2.45, 2.75) is 34.0 Å². The summed E-state index contributed by atoms with van der Waals surface area (Å²) in [4.78, 5) is 12.6. The van der Waals surface area contributed by atoms with Gasteiger partial charge >= 0.3 is 6.61 Å². The largest absolute Gasteiger partial charge is 0.489 e. The summed E-state index contributed by atoms with van der Waals surface area (Å²) in [5, 5.41) is 6.47. The van der Waals surface area contributed by atoms with Crippen LogP contribution in [0.4, 0.5) is 14.5 Å². The summed E-state index contributed by atoms with van der Waals surface area (Å²) in [5.74, 6) is 0.658. The van der Waals surface area contributed by atoms with Crippen molar-refractivity contribution in [2.24, 2.45) is 0 Å². The number of rotatable bonds is 7. The number of amides is 1. The fourth-order valence-corrected chi connectivity index (χ4v) is 2.82. The van der Waals surface area contributed by atoms with Crippen molar-refractivity contribution in [3.63, 3.8) is 0 Å². The van der Waals surface area contributed by atoms with Crippen LogP contribution in [0.25, 0.3) is 0 Å². The van der Waals surface area contributed by atoms with E-state index in [1.807, 2.05) is 32.0 Å². The molecule has 0 saturated heterocycles. The number of halogens is 2. The van der Waals surface area contributed by atoms with Gasteiger partial charge in [-0.1, -0.05) is 11.2 Å². The first kappa shape index (κ1) is 20.3. The van der Waals surface area contributed by atoms with E-state index in [-0.39, 0.29) is 18.1 Å². The third kappa shape index (κ3) is 5.31. The standard InChI is InChI=1S/C21H20F2N2O4/c1-12-8-13(2)10-17(9-12)27-11-18-14(3)29-25-19(18)20(26)24-15-4-6-16(7-5-15)28-21(22)23/h4-10,21H,11H2,1-3H3,(H,24,26). The number of aryl methyl sites for hydroxylation is 3. The van der Waals surface area contributed by atoms with Crippen LogP contribution < -0.4 is 14.8 Å². The van der Waals surface area contributed by atoms with E-state index in [2.05, 4.69) is 15.2 Å². The highest BCUT2D eigenvalue weighted by Crippen LogP contribution is 2.22. The molecule has 1 aromatic heterocycles. The normalized spacial score (nSPS) is 10.8. The topological polar surface area (TPSA) is 73.6 Å². The van der Waals surface area contributed by atoms with E-state index < -0.39 is 12.5 Å². The third-order valence-corrected chi connectivity index (χ3v) is 4.12. The van der Waals surface area contributed by atoms with E-state index in [0.717, 1.165) is 11.1 Å². The van der Waals surface area contributed by atoms with Crippen molar-refractivity contribution in [1.82, 2.24) is 5.16 Å². The van der Waals surface area contributed by atoms with Crippen LogP contribution in [0.1, 0.15) is 32.9 Å². The number of anilines is 1. The molecule has 1 N–H and O–H groups in total. The van der Waals surface area contributed by atoms with Gasteiger partial charge in [0, 0.05) is 5.69 Å². The number of ether oxygens (including phenoxy) is 2. The number of aromatic nitrogens is 1. The van der Waals surface area contributed by atoms with Crippen LogP contribution in [-0.4, -0.2) is 17.7 Å². The van der Waals surface area contributed by atoms with Gasteiger partial charge in [-0.15, -0.1) is 0 Å². The maximum absolute atomic E-state index is 12.6. The summed E-state index contributed by atoms with van der Waals surface area (Å²) in [5.41, 5.74) is 3.16. The second kappa shape index (κ2) is 8.72. The van der Waals surface area contributed by atoms with E-state index in [1.54, 1.807) is 6.92 Å². The fraction of sp³-hybridized carbons (Fsp3) is 0.238. The van der Waals surface area contributed by atoms with Gasteiger partial charge < -0.3 is 19.3 Å². The number of nitrogens with zero attached hydrogens (tertiary/aromatic N) is 1. The molecule has 1 amide bonds. The molecule has 0 spiro atoms. The Hall–Kier alpha value is -3.42. The van der Waals surface area contributed by atoms with E-state index in [1.165, 1.54) is 24.3 Å². The molecule has 6 nitrogen and oxygen atoms in total. The molecule has 3 rings (SSSR count). The first-order valence-electron chi connectivity index (χ1n) is 8.84. The molecule has 0 radical (unpaired) electrons. The lowest BCUT2D eigenvalue weighted by Crippen LogP contribution is -2.15. The van der Waals surface area contributed by atoms with Gasteiger partial charge in [0.2, 0.25) is 0 Å². The van der Waals surface area contributed by atoms with Gasteiger partial charge in [-0.05, 0) is 68.3 Å². The Bertz CT molecular complexity index is 980. The van der Waals surface area contributed by atoms with Gasteiger partial charge in [0.15, 0.2) is 5.69 Å². The third-order valence-electron chi connectivity index (χ3n) is 4.12. The first-order chi connectivity index (χ1) is 13.8. The average molecular weight is 402 g/mol. The summed E-state index contributed by atoms with van der Waals surface area (Å²) in [6, 6.07) is 11.4. The maximum atomic E-state index is 12.6. The quantitative estimate of drug-likeness (QED) is 0.600. The Kier molecular flexibility index (Phi) is 6.11. The lowest BCUT2D eigenvalue weighted by atomic mass is 10.1. The summed E-state index contributed by atoms with van der Waals surface area (Å²) < 4.78 is 39.7. The zero-order valence-electron chi connectivity index (χ0n) is 16.2. The van der Waals surface area contributed by atoms with Gasteiger partial charge in [0.1, 0.15) is 23.9 Å². The van der Waals surface area contributed by atoms with Gasteiger partial charge in [0.25, 0.3) is 5.91 Å². The summed E-state index contributed by atoms with van der Waals surface area (Å²) in [6.07, 6.45) is 0. The Labute approximate surface area is 166 Å². The van der Waals surface area contributed by atoms with Crippen molar-refractivity contribution in [2.75, 3.05) is 5.32 Å². The molecular weight excluding hydrogens is 382 g/mol. The Morgan fingerprint density at radius 1 is 1.07 bits per heavy atom. The minimum Gasteiger partial charge on any atom is -0.489 e. The maximum Gasteiger partial charge on any atom is 0.387 e. The Balaban J connectivity index is 1.70. The van der Waals surface area contributed by atoms with Gasteiger partial charge in [-0.25, -0.2) is 0 Å². The number of benzene rings is 2. The van der Waals surface area contributed by atoms with Crippen LogP contribution in [0.3, 0.4) is 0 Å². The van der Waals surface area contributed by atoms with Crippen LogP contribution in [-0.2, 0) is 6.61 Å². The molecule has 0 aliphatic heterocycles. The molecule has 0 unspecified atom stereocenters. The molecular formula is C21H20F2N2O4. The Morgan fingerprint density at radius 3 is 2.34 bits per heavy atom. The van der Waals surface area contributed by atoms with Crippen molar-refractivity contribution in [3.05, 3.63) is 70.6 Å². The number of alkyl halides is 2. The van der Waals surface area contributed by atoms with Crippen molar-refractivity contribution < 1.29 is 27.6 Å². The Morgan fingerprint density at radius 2 is 1.72 bits per heavy atom. The highest BCUT2D eigenvalue weighted by atomic mass is 19.3. The van der Waals surface area contributed by atoms with Crippen molar-refractivity contribution >= 4 is 11.6 Å². The monoisotopic (exact) mass is 402 g/mol. The van der Waals surface area contributed by atoms with Gasteiger partial charge in [-0.3, -0.25) is 4.79 Å². The second-order valence-corrected chi connectivity index (χ2v) is 6.54. The number of hydrogen-bond acceptors (Lipinski definition) is 5.